The van der Waals surface area contributed by atoms with Gasteiger partial charge in [0, 0.05) is 38.7 Å². The highest BCUT2D eigenvalue weighted by atomic mass is 16.6. The number of aromatic nitrogens is 3. The number of carboxylic acid groups (broad SMARTS) is 1. The number of carbonyl (C=O) groups is 3. The second-order valence-corrected chi connectivity index (χ2v) is 15.0. The molecule has 0 saturated carbocycles. The Kier molecular flexibility index (Phi) is 47.1. The molecule has 1 rings (SSSR count). The van der Waals surface area contributed by atoms with Gasteiger partial charge in [-0.05, 0) is 19.3 Å². The Labute approximate surface area is 413 Å². The van der Waals surface area contributed by atoms with Crippen molar-refractivity contribution in [3.63, 3.8) is 0 Å². The number of hydrogen-bond acceptors (Lipinski definition) is 22. The number of rotatable bonds is 56. The summed E-state index contributed by atoms with van der Waals surface area (Å²) in [6.07, 6.45) is 3.87. The van der Waals surface area contributed by atoms with Gasteiger partial charge in [-0.2, -0.15) is 0 Å². The van der Waals surface area contributed by atoms with Crippen molar-refractivity contribution in [2.75, 3.05) is 205 Å². The molecule has 0 aliphatic carbocycles. The van der Waals surface area contributed by atoms with E-state index in [9.17, 15) is 14.4 Å². The predicted octanol–water partition coefficient (Wildman–Crippen LogP) is -2.46. The summed E-state index contributed by atoms with van der Waals surface area (Å²) in [5.41, 5.74) is 17.5. The number of unbranched alkanes of at least 4 members (excludes halogenated alkanes) is 1. The number of carboxylic acids is 1. The lowest BCUT2D eigenvalue weighted by atomic mass is 10.1. The van der Waals surface area contributed by atoms with E-state index in [1.54, 1.807) is 10.9 Å². The molecule has 0 aromatic carbocycles. The van der Waals surface area contributed by atoms with Gasteiger partial charge in [-0.1, -0.05) is 5.21 Å². The van der Waals surface area contributed by atoms with Gasteiger partial charge in [0.25, 0.3) is 0 Å². The summed E-state index contributed by atoms with van der Waals surface area (Å²) in [5.74, 6) is -1.46. The highest BCUT2D eigenvalue weighted by Crippen LogP contribution is 2.00. The van der Waals surface area contributed by atoms with E-state index in [-0.39, 0.29) is 31.3 Å². The van der Waals surface area contributed by atoms with Crippen LogP contribution in [-0.4, -0.2) is 255 Å². The summed E-state index contributed by atoms with van der Waals surface area (Å²) >= 11 is 0. The second-order valence-electron chi connectivity index (χ2n) is 15.0. The topological polar surface area (TPSA) is 333 Å². The molecule has 9 N–H and O–H groups in total. The fourth-order valence-electron chi connectivity index (χ4n) is 5.42. The maximum atomic E-state index is 12.4. The first kappa shape index (κ1) is 64.9. The van der Waals surface area contributed by atoms with E-state index in [1.807, 2.05) is 0 Å². The van der Waals surface area contributed by atoms with E-state index in [0.29, 0.717) is 230 Å². The van der Waals surface area contributed by atoms with Gasteiger partial charge >= 0.3 is 5.97 Å². The lowest BCUT2D eigenvalue weighted by Crippen LogP contribution is -2.43. The minimum Gasteiger partial charge on any atom is -0.480 e. The minimum atomic E-state index is -1.02. The molecule has 410 valence electrons. The number of nitrogens with one attached hydrogen (secondary N) is 2. The Hall–Kier alpha value is -3.13. The van der Waals surface area contributed by atoms with Crippen LogP contribution in [0.4, 0.5) is 0 Å². The van der Waals surface area contributed by atoms with Crippen LogP contribution in [0, 0.1) is 0 Å². The van der Waals surface area contributed by atoms with Gasteiger partial charge in [0.2, 0.25) is 11.8 Å². The molecule has 0 radical (unpaired) electrons. The second kappa shape index (κ2) is 50.8. The van der Waals surface area contributed by atoms with Crippen LogP contribution in [0.1, 0.15) is 31.4 Å². The quantitative estimate of drug-likeness (QED) is 0.0369. The lowest BCUT2D eigenvalue weighted by Gasteiger charge is -2.11. The van der Waals surface area contributed by atoms with Crippen LogP contribution in [0.3, 0.4) is 0 Å². The summed E-state index contributed by atoms with van der Waals surface area (Å²) in [6, 6.07) is -1.66. The Balaban J connectivity index is 1.80. The van der Waals surface area contributed by atoms with Gasteiger partial charge in [-0.3, -0.25) is 14.4 Å². The highest BCUT2D eigenvalue weighted by molar-refractivity contribution is 5.81. The zero-order valence-corrected chi connectivity index (χ0v) is 41.4. The Bertz CT molecular complexity index is 1330. The van der Waals surface area contributed by atoms with Crippen LogP contribution >= 0.6 is 0 Å². The van der Waals surface area contributed by atoms with Gasteiger partial charge in [0.05, 0.1) is 203 Å². The molecule has 0 fully saturated rings. The van der Waals surface area contributed by atoms with Crippen molar-refractivity contribution in [2.45, 2.75) is 50.7 Å². The maximum absolute atomic E-state index is 12.4. The SMILES string of the molecule is NCCOCCOCCOCCOCCOCCOCCOCCOCCOCCOCCn1cc(C[C@H](N)C(=O)NCCOCCOCCOCCOCCC(=O)NCCCC[C@H](N)C(=O)O)nn1. The lowest BCUT2D eigenvalue weighted by molar-refractivity contribution is -0.138. The number of carbonyl (C=O) groups excluding carboxylic acids is 2. The number of nitrogens with two attached hydrogens (primary N) is 3. The molecule has 1 aromatic heterocycles. The van der Waals surface area contributed by atoms with Crippen LogP contribution < -0.4 is 27.8 Å². The summed E-state index contributed by atoms with van der Waals surface area (Å²) in [4.78, 5) is 34.9. The first-order valence-corrected chi connectivity index (χ1v) is 24.3. The molecule has 0 bridgehead atoms. The van der Waals surface area contributed by atoms with Crippen molar-refractivity contribution in [3.8, 4) is 0 Å². The standard InChI is InChI=1S/C44H86N8O18/c45-5-10-58-14-18-62-22-25-65-27-29-67-31-33-69-35-36-70-34-32-68-30-28-66-26-24-64-20-16-60-12-8-52-38-39(50-51-52)37-41(47)43(54)49-7-11-59-15-19-63-23-21-61-17-13-57-9-4-42(53)48-6-2-1-3-40(46)44(55)56/h38,40-41H,1-37,45-47H2,(H,48,53)(H,49,54)(H,55,56)/t40-,41-/m0/s1. The molecule has 1 heterocycles. The fraction of sp³-hybridized carbons (Fsp3) is 0.886. The van der Waals surface area contributed by atoms with Crippen molar-refractivity contribution >= 4 is 17.8 Å². The third-order valence-electron chi connectivity index (χ3n) is 9.14. The summed E-state index contributed by atoms with van der Waals surface area (Å²) in [5, 5.41) is 22.5. The largest absolute Gasteiger partial charge is 0.480 e. The van der Waals surface area contributed by atoms with Crippen LogP contribution in [0.15, 0.2) is 6.20 Å². The Morgan fingerprint density at radius 1 is 0.500 bits per heavy atom. The third-order valence-corrected chi connectivity index (χ3v) is 9.14. The molecule has 0 spiro atoms. The van der Waals surface area contributed by atoms with Crippen LogP contribution in [0.5, 0.6) is 0 Å². The van der Waals surface area contributed by atoms with E-state index >= 15 is 0 Å². The third kappa shape index (κ3) is 44.8. The number of nitrogens with zero attached hydrogens (tertiary/aromatic N) is 3. The first-order chi connectivity index (χ1) is 34.3. The number of aliphatic carboxylic acids is 1. The fourth-order valence-corrected chi connectivity index (χ4v) is 5.42. The molecule has 26 nitrogen and oxygen atoms in total. The van der Waals surface area contributed by atoms with E-state index in [0.717, 1.165) is 0 Å². The number of amides is 2. The highest BCUT2D eigenvalue weighted by Gasteiger charge is 2.16. The normalized spacial score (nSPS) is 12.4. The molecule has 26 heteroatoms. The summed E-state index contributed by atoms with van der Waals surface area (Å²) < 4.78 is 78.1. The van der Waals surface area contributed by atoms with Gasteiger partial charge in [0.15, 0.2) is 0 Å². The van der Waals surface area contributed by atoms with Crippen molar-refractivity contribution in [2.24, 2.45) is 17.2 Å². The van der Waals surface area contributed by atoms with Crippen molar-refractivity contribution in [3.05, 3.63) is 11.9 Å². The Morgan fingerprint density at radius 3 is 1.30 bits per heavy atom. The zero-order valence-electron chi connectivity index (χ0n) is 41.4. The molecular formula is C44H86N8O18. The molecule has 70 heavy (non-hydrogen) atoms. The van der Waals surface area contributed by atoms with Gasteiger partial charge < -0.3 is 99.3 Å². The van der Waals surface area contributed by atoms with Gasteiger partial charge in [-0.15, -0.1) is 5.10 Å². The average molecular weight is 1020 g/mol. The van der Waals surface area contributed by atoms with Crippen LogP contribution in [0.25, 0.3) is 0 Å². The minimum absolute atomic E-state index is 0.129. The van der Waals surface area contributed by atoms with E-state index in [4.69, 9.17) is 88.6 Å². The number of hydrogen-bond donors (Lipinski definition) is 6. The molecule has 2 amide bonds. The number of ether oxygens (including phenoxy) is 14. The van der Waals surface area contributed by atoms with Gasteiger partial charge in [0.1, 0.15) is 6.04 Å². The van der Waals surface area contributed by atoms with Crippen LogP contribution in [-0.2, 0) is 93.7 Å². The zero-order chi connectivity index (χ0) is 50.6. The van der Waals surface area contributed by atoms with Crippen molar-refractivity contribution < 1.29 is 85.8 Å². The predicted molar refractivity (Wildman–Crippen MR) is 252 cm³/mol. The van der Waals surface area contributed by atoms with E-state index in [1.165, 1.54) is 0 Å². The van der Waals surface area contributed by atoms with Crippen molar-refractivity contribution in [1.29, 1.82) is 0 Å². The van der Waals surface area contributed by atoms with E-state index < -0.39 is 18.1 Å². The molecule has 1 aromatic rings. The van der Waals surface area contributed by atoms with E-state index in [2.05, 4.69) is 20.9 Å². The molecule has 2 atom stereocenters. The maximum Gasteiger partial charge on any atom is 0.320 e. The monoisotopic (exact) mass is 1010 g/mol. The molecule has 0 unspecified atom stereocenters. The van der Waals surface area contributed by atoms with Crippen molar-refractivity contribution in [1.82, 2.24) is 25.6 Å². The molecule has 0 saturated heterocycles. The first-order valence-electron chi connectivity index (χ1n) is 24.3. The van der Waals surface area contributed by atoms with Gasteiger partial charge in [-0.25, -0.2) is 4.68 Å². The molecular weight excluding hydrogens is 929 g/mol. The van der Waals surface area contributed by atoms with Crippen LogP contribution in [0.2, 0.25) is 0 Å². The Morgan fingerprint density at radius 2 is 0.886 bits per heavy atom. The summed E-state index contributed by atoms with van der Waals surface area (Å²) in [6.45, 7) is 14.2. The average Bonchev–Trinajstić information content (AvgIpc) is 3.80. The molecule has 0 aliphatic heterocycles. The summed E-state index contributed by atoms with van der Waals surface area (Å²) in [7, 11) is 0. The smallest absolute Gasteiger partial charge is 0.320 e. The molecule has 0 aliphatic rings.